The van der Waals surface area contributed by atoms with Crippen LogP contribution in [-0.4, -0.2) is 25.8 Å². The highest BCUT2D eigenvalue weighted by molar-refractivity contribution is 6.33. The van der Waals surface area contributed by atoms with Gasteiger partial charge in [-0.05, 0) is 25.1 Å². The van der Waals surface area contributed by atoms with Crippen LogP contribution in [0.15, 0.2) is 18.2 Å². The summed E-state index contributed by atoms with van der Waals surface area (Å²) in [7, 11) is 0. The molecular weight excluding hydrogens is 247 g/mol. The summed E-state index contributed by atoms with van der Waals surface area (Å²) < 4.78 is 17.8. The first-order valence-corrected chi connectivity index (χ1v) is 5.59. The predicted octanol–water partition coefficient (Wildman–Crippen LogP) is 2.64. The second-order valence-electron chi connectivity index (χ2n) is 3.20. The predicted molar refractivity (Wildman–Crippen MR) is 64.9 cm³/mol. The molecular formula is C11H14ClFN2O2. The van der Waals surface area contributed by atoms with E-state index < -0.39 is 11.8 Å². The molecule has 0 fully saturated rings. The van der Waals surface area contributed by atoms with E-state index in [2.05, 4.69) is 10.6 Å². The van der Waals surface area contributed by atoms with E-state index in [1.807, 2.05) is 6.92 Å². The first-order valence-electron chi connectivity index (χ1n) is 5.21. The molecule has 0 aliphatic carbocycles. The lowest BCUT2D eigenvalue weighted by Crippen LogP contribution is -2.31. The van der Waals surface area contributed by atoms with Crippen molar-refractivity contribution in [1.29, 1.82) is 0 Å². The third kappa shape index (κ3) is 5.01. The first-order chi connectivity index (χ1) is 8.13. The van der Waals surface area contributed by atoms with Crippen LogP contribution in [0.3, 0.4) is 0 Å². The van der Waals surface area contributed by atoms with E-state index in [-0.39, 0.29) is 5.02 Å². The maximum Gasteiger partial charge on any atom is 0.319 e. The molecule has 17 heavy (non-hydrogen) atoms. The molecule has 0 aliphatic rings. The summed E-state index contributed by atoms with van der Waals surface area (Å²) in [6.07, 6.45) is 0. The number of carbonyl (C=O) groups is 1. The number of hydrogen-bond acceptors (Lipinski definition) is 2. The highest BCUT2D eigenvalue weighted by Crippen LogP contribution is 2.21. The topological polar surface area (TPSA) is 50.4 Å². The number of nitrogens with one attached hydrogen (secondary N) is 2. The Morgan fingerprint density at radius 3 is 2.94 bits per heavy atom. The Labute approximate surface area is 104 Å². The van der Waals surface area contributed by atoms with E-state index in [0.717, 1.165) is 6.07 Å². The van der Waals surface area contributed by atoms with Gasteiger partial charge in [-0.15, -0.1) is 0 Å². The molecule has 0 saturated carbocycles. The van der Waals surface area contributed by atoms with Gasteiger partial charge in [0.2, 0.25) is 0 Å². The van der Waals surface area contributed by atoms with Crippen molar-refractivity contribution in [3.05, 3.63) is 29.0 Å². The van der Waals surface area contributed by atoms with Crippen LogP contribution in [0.4, 0.5) is 14.9 Å². The van der Waals surface area contributed by atoms with Crippen LogP contribution < -0.4 is 10.6 Å². The van der Waals surface area contributed by atoms with Gasteiger partial charge >= 0.3 is 6.03 Å². The molecule has 0 saturated heterocycles. The quantitative estimate of drug-likeness (QED) is 0.800. The molecule has 0 atom stereocenters. The van der Waals surface area contributed by atoms with E-state index in [4.69, 9.17) is 16.3 Å². The van der Waals surface area contributed by atoms with Crippen molar-refractivity contribution in [3.63, 3.8) is 0 Å². The maximum absolute atomic E-state index is 12.7. The minimum Gasteiger partial charge on any atom is -0.380 e. The Morgan fingerprint density at radius 1 is 1.53 bits per heavy atom. The van der Waals surface area contributed by atoms with Gasteiger partial charge in [-0.2, -0.15) is 0 Å². The number of amides is 2. The van der Waals surface area contributed by atoms with E-state index in [9.17, 15) is 9.18 Å². The molecule has 4 nitrogen and oxygen atoms in total. The number of hydrogen-bond donors (Lipinski definition) is 2. The van der Waals surface area contributed by atoms with Crippen molar-refractivity contribution in [3.8, 4) is 0 Å². The van der Waals surface area contributed by atoms with Crippen molar-refractivity contribution in [2.75, 3.05) is 25.1 Å². The molecule has 0 aromatic heterocycles. The van der Waals surface area contributed by atoms with Gasteiger partial charge in [0.25, 0.3) is 0 Å². The lowest BCUT2D eigenvalue weighted by atomic mass is 10.3. The van der Waals surface area contributed by atoms with Gasteiger partial charge < -0.3 is 15.4 Å². The Hall–Kier alpha value is -1.33. The smallest absolute Gasteiger partial charge is 0.319 e. The zero-order valence-electron chi connectivity index (χ0n) is 9.43. The fourth-order valence-corrected chi connectivity index (χ4v) is 1.35. The molecule has 2 N–H and O–H groups in total. The fraction of sp³-hybridized carbons (Fsp3) is 0.364. The minimum absolute atomic E-state index is 0.157. The van der Waals surface area contributed by atoms with Crippen LogP contribution in [0.1, 0.15) is 6.92 Å². The number of ether oxygens (including phenoxy) is 1. The van der Waals surface area contributed by atoms with Gasteiger partial charge in [-0.1, -0.05) is 11.6 Å². The van der Waals surface area contributed by atoms with Crippen LogP contribution >= 0.6 is 11.6 Å². The Bertz CT molecular complexity index is 388. The second-order valence-corrected chi connectivity index (χ2v) is 3.61. The zero-order chi connectivity index (χ0) is 12.7. The van der Waals surface area contributed by atoms with E-state index in [1.165, 1.54) is 12.1 Å². The summed E-state index contributed by atoms with van der Waals surface area (Å²) in [5.41, 5.74) is 0.363. The van der Waals surface area contributed by atoms with Gasteiger partial charge in [-0.25, -0.2) is 9.18 Å². The third-order valence-electron chi connectivity index (χ3n) is 1.92. The van der Waals surface area contributed by atoms with E-state index in [0.29, 0.717) is 25.4 Å². The SMILES string of the molecule is CCOCCNC(=O)Nc1ccc(F)cc1Cl. The number of carbonyl (C=O) groups excluding carboxylic acids is 1. The van der Waals surface area contributed by atoms with Gasteiger partial charge in [0.1, 0.15) is 5.82 Å². The summed E-state index contributed by atoms with van der Waals surface area (Å²) in [5.74, 6) is -0.447. The lowest BCUT2D eigenvalue weighted by molar-refractivity contribution is 0.150. The largest absolute Gasteiger partial charge is 0.380 e. The van der Waals surface area contributed by atoms with E-state index >= 15 is 0 Å². The minimum atomic E-state index is -0.447. The summed E-state index contributed by atoms with van der Waals surface area (Å²) in [4.78, 5) is 11.4. The van der Waals surface area contributed by atoms with Gasteiger partial charge in [-0.3, -0.25) is 0 Å². The zero-order valence-corrected chi connectivity index (χ0v) is 10.2. The monoisotopic (exact) mass is 260 g/mol. The standard InChI is InChI=1S/C11H14ClFN2O2/c1-2-17-6-5-14-11(16)15-10-4-3-8(13)7-9(10)12/h3-4,7H,2,5-6H2,1H3,(H2,14,15,16). The molecule has 0 unspecified atom stereocenters. The van der Waals surface area contributed by atoms with Crippen LogP contribution in [0, 0.1) is 5.82 Å². The van der Waals surface area contributed by atoms with Gasteiger partial charge in [0.05, 0.1) is 17.3 Å². The Kier molecular flexibility index (Phi) is 5.72. The van der Waals surface area contributed by atoms with Crippen molar-refractivity contribution in [1.82, 2.24) is 5.32 Å². The Morgan fingerprint density at radius 2 is 2.29 bits per heavy atom. The summed E-state index contributed by atoms with van der Waals surface area (Å²) >= 11 is 5.75. The highest BCUT2D eigenvalue weighted by atomic mass is 35.5. The highest BCUT2D eigenvalue weighted by Gasteiger charge is 2.05. The molecule has 6 heteroatoms. The molecule has 1 aromatic carbocycles. The van der Waals surface area contributed by atoms with E-state index in [1.54, 1.807) is 0 Å². The van der Waals surface area contributed by atoms with Crippen LogP contribution in [-0.2, 0) is 4.74 Å². The second kappa shape index (κ2) is 7.09. The molecule has 0 bridgehead atoms. The molecule has 0 aliphatic heterocycles. The molecule has 1 rings (SSSR count). The molecule has 94 valence electrons. The van der Waals surface area contributed by atoms with Crippen LogP contribution in [0.5, 0.6) is 0 Å². The third-order valence-corrected chi connectivity index (χ3v) is 2.23. The lowest BCUT2D eigenvalue weighted by Gasteiger charge is -2.08. The molecule has 0 heterocycles. The number of anilines is 1. The van der Waals surface area contributed by atoms with Crippen LogP contribution in [0.25, 0.3) is 0 Å². The van der Waals surface area contributed by atoms with Crippen molar-refractivity contribution in [2.45, 2.75) is 6.92 Å². The van der Waals surface area contributed by atoms with Gasteiger partial charge in [0.15, 0.2) is 0 Å². The fourth-order valence-electron chi connectivity index (χ4n) is 1.14. The number of urea groups is 1. The number of halogens is 2. The number of rotatable bonds is 5. The van der Waals surface area contributed by atoms with Gasteiger partial charge in [0, 0.05) is 13.2 Å². The normalized spacial score (nSPS) is 10.1. The number of benzene rings is 1. The summed E-state index contributed by atoms with van der Waals surface area (Å²) in [6, 6.07) is 3.36. The molecule has 0 spiro atoms. The Balaban J connectivity index is 2.40. The summed E-state index contributed by atoms with van der Waals surface area (Å²) in [6.45, 7) is 3.32. The van der Waals surface area contributed by atoms with Crippen molar-refractivity contribution < 1.29 is 13.9 Å². The maximum atomic E-state index is 12.7. The van der Waals surface area contributed by atoms with Crippen molar-refractivity contribution >= 4 is 23.3 Å². The first kappa shape index (κ1) is 13.7. The molecule has 2 amide bonds. The average Bonchev–Trinajstić information content (AvgIpc) is 2.28. The molecule has 1 aromatic rings. The van der Waals surface area contributed by atoms with Crippen molar-refractivity contribution in [2.24, 2.45) is 0 Å². The molecule has 0 radical (unpaired) electrons. The van der Waals surface area contributed by atoms with Crippen LogP contribution in [0.2, 0.25) is 5.02 Å². The summed E-state index contributed by atoms with van der Waals surface area (Å²) in [5, 5.41) is 5.25. The average molecular weight is 261 g/mol.